The van der Waals surface area contributed by atoms with Crippen molar-refractivity contribution in [1.82, 2.24) is 20.9 Å². The zero-order chi connectivity index (χ0) is 27.5. The average Bonchev–Trinajstić information content (AvgIpc) is 2.90. The highest BCUT2D eigenvalue weighted by Gasteiger charge is 2.31. The van der Waals surface area contributed by atoms with E-state index in [0.29, 0.717) is 31.9 Å². The van der Waals surface area contributed by atoms with E-state index in [1.165, 1.54) is 19.1 Å². The van der Waals surface area contributed by atoms with Gasteiger partial charge in [-0.25, -0.2) is 0 Å². The third-order valence-corrected chi connectivity index (χ3v) is 6.24. The van der Waals surface area contributed by atoms with Gasteiger partial charge in [-0.15, -0.1) is 0 Å². The van der Waals surface area contributed by atoms with Gasteiger partial charge >= 0.3 is 7.12 Å². The SMILES string of the molecule is C[C@H](NC(=O)CN1CCOCC1)C(=O)N[C@@H](Cc1ccc(O)cc1)C(=O)N[C@@H](Cc1ccccc1)B(O)O. The van der Waals surface area contributed by atoms with Crippen molar-refractivity contribution in [3.63, 3.8) is 0 Å². The van der Waals surface area contributed by atoms with Gasteiger partial charge in [0.15, 0.2) is 0 Å². The fourth-order valence-corrected chi connectivity index (χ4v) is 4.07. The normalized spacial score (nSPS) is 16.1. The fraction of sp³-hybridized carbons (Fsp3) is 0.423. The molecule has 0 unspecified atom stereocenters. The van der Waals surface area contributed by atoms with Crippen molar-refractivity contribution in [2.45, 2.75) is 37.8 Å². The van der Waals surface area contributed by atoms with Crippen molar-refractivity contribution in [2.24, 2.45) is 0 Å². The summed E-state index contributed by atoms with van der Waals surface area (Å²) in [5, 5.41) is 37.3. The number of benzene rings is 2. The monoisotopic (exact) mass is 526 g/mol. The molecule has 3 amide bonds. The van der Waals surface area contributed by atoms with Gasteiger partial charge in [-0.05, 0) is 36.6 Å². The van der Waals surface area contributed by atoms with Gasteiger partial charge in [-0.3, -0.25) is 19.3 Å². The first-order valence-corrected chi connectivity index (χ1v) is 12.6. The summed E-state index contributed by atoms with van der Waals surface area (Å²) in [7, 11) is -1.83. The Bertz CT molecular complexity index is 1050. The lowest BCUT2D eigenvalue weighted by molar-refractivity contribution is -0.132. The molecule has 1 fully saturated rings. The number of carbonyl (C=O) groups excluding carboxylic acids is 3. The smallest absolute Gasteiger partial charge is 0.475 e. The minimum absolute atomic E-state index is 0.0571. The van der Waals surface area contributed by atoms with Crippen LogP contribution in [-0.4, -0.2) is 95.8 Å². The summed E-state index contributed by atoms with van der Waals surface area (Å²) in [6.07, 6.45) is 0.240. The van der Waals surface area contributed by atoms with Crippen LogP contribution < -0.4 is 16.0 Å². The van der Waals surface area contributed by atoms with E-state index in [-0.39, 0.29) is 31.0 Å². The molecule has 1 aliphatic heterocycles. The summed E-state index contributed by atoms with van der Waals surface area (Å²) < 4.78 is 5.28. The van der Waals surface area contributed by atoms with Gasteiger partial charge in [0.1, 0.15) is 17.8 Å². The predicted molar refractivity (Wildman–Crippen MR) is 141 cm³/mol. The second kappa shape index (κ2) is 14.5. The average molecular weight is 526 g/mol. The van der Waals surface area contributed by atoms with Crippen molar-refractivity contribution in [1.29, 1.82) is 0 Å². The Hall–Kier alpha value is -3.45. The van der Waals surface area contributed by atoms with Crippen molar-refractivity contribution in [2.75, 3.05) is 32.8 Å². The lowest BCUT2D eigenvalue weighted by atomic mass is 9.75. The molecule has 12 heteroatoms. The van der Waals surface area contributed by atoms with E-state index in [1.54, 1.807) is 36.4 Å². The molecule has 0 aliphatic carbocycles. The van der Waals surface area contributed by atoms with Crippen LogP contribution in [0.25, 0.3) is 0 Å². The Kier molecular flexibility index (Phi) is 11.1. The largest absolute Gasteiger partial charge is 0.508 e. The number of aromatic hydroxyl groups is 1. The number of hydrogen-bond acceptors (Lipinski definition) is 8. The summed E-state index contributed by atoms with van der Waals surface area (Å²) in [4.78, 5) is 40.6. The molecule has 1 aliphatic rings. The Balaban J connectivity index is 1.66. The van der Waals surface area contributed by atoms with Crippen LogP contribution in [0.15, 0.2) is 54.6 Å². The lowest BCUT2D eigenvalue weighted by Crippen LogP contribution is -2.58. The molecule has 0 saturated carbocycles. The molecule has 1 saturated heterocycles. The standard InChI is InChI=1S/C26H35BN4O7/c1-18(28-24(33)17-31-11-13-38-14-12-31)25(34)29-22(15-20-7-9-21(32)10-8-20)26(35)30-23(27(36)37)16-19-5-3-2-4-6-19/h2-10,18,22-23,32,36-37H,11-17H2,1H3,(H,28,33)(H,29,34)(H,30,35)/t18-,22-,23-/m0/s1. The number of nitrogens with one attached hydrogen (secondary N) is 3. The number of morpholine rings is 1. The van der Waals surface area contributed by atoms with Crippen LogP contribution >= 0.6 is 0 Å². The van der Waals surface area contributed by atoms with E-state index in [0.717, 1.165) is 5.56 Å². The van der Waals surface area contributed by atoms with Crippen molar-refractivity contribution in [3.05, 3.63) is 65.7 Å². The van der Waals surface area contributed by atoms with Crippen molar-refractivity contribution in [3.8, 4) is 5.75 Å². The number of rotatable bonds is 12. The summed E-state index contributed by atoms with van der Waals surface area (Å²) in [6.45, 7) is 4.01. The highest BCUT2D eigenvalue weighted by atomic mass is 16.5. The van der Waals surface area contributed by atoms with Gasteiger partial charge < -0.3 is 35.8 Å². The first kappa shape index (κ1) is 29.1. The third kappa shape index (κ3) is 9.45. The minimum atomic E-state index is -1.83. The molecule has 0 aromatic heterocycles. The van der Waals surface area contributed by atoms with E-state index in [2.05, 4.69) is 16.0 Å². The zero-order valence-electron chi connectivity index (χ0n) is 21.4. The molecule has 11 nitrogen and oxygen atoms in total. The highest BCUT2D eigenvalue weighted by Crippen LogP contribution is 2.12. The van der Waals surface area contributed by atoms with E-state index in [1.807, 2.05) is 11.0 Å². The number of phenols is 1. The number of carbonyl (C=O) groups is 3. The first-order valence-electron chi connectivity index (χ1n) is 12.6. The van der Waals surface area contributed by atoms with Crippen LogP contribution in [0.4, 0.5) is 0 Å². The third-order valence-electron chi connectivity index (χ3n) is 6.24. The summed E-state index contributed by atoms with van der Waals surface area (Å²) in [6, 6.07) is 13.2. The highest BCUT2D eigenvalue weighted by molar-refractivity contribution is 6.43. The van der Waals surface area contributed by atoms with Crippen LogP contribution in [-0.2, 0) is 32.0 Å². The van der Waals surface area contributed by atoms with E-state index < -0.39 is 37.0 Å². The maximum atomic E-state index is 13.3. The molecule has 1 heterocycles. The van der Waals surface area contributed by atoms with Gasteiger partial charge in [-0.2, -0.15) is 0 Å². The molecule has 38 heavy (non-hydrogen) atoms. The Morgan fingerprint density at radius 1 is 0.895 bits per heavy atom. The second-order valence-corrected chi connectivity index (χ2v) is 9.33. The molecule has 0 bridgehead atoms. The molecule has 2 aromatic rings. The molecule has 2 aromatic carbocycles. The van der Waals surface area contributed by atoms with Crippen molar-refractivity contribution >= 4 is 24.8 Å². The first-order chi connectivity index (χ1) is 18.2. The van der Waals surface area contributed by atoms with Gasteiger partial charge in [-0.1, -0.05) is 42.5 Å². The van der Waals surface area contributed by atoms with E-state index in [4.69, 9.17) is 4.74 Å². The van der Waals surface area contributed by atoms with Crippen LogP contribution in [0.3, 0.4) is 0 Å². The predicted octanol–water partition coefficient (Wildman–Crippen LogP) is -1.00. The number of amides is 3. The Morgan fingerprint density at radius 2 is 1.53 bits per heavy atom. The van der Waals surface area contributed by atoms with Crippen LogP contribution in [0, 0.1) is 0 Å². The van der Waals surface area contributed by atoms with Gasteiger partial charge in [0.05, 0.1) is 25.7 Å². The zero-order valence-corrected chi connectivity index (χ0v) is 21.4. The van der Waals surface area contributed by atoms with E-state index >= 15 is 0 Å². The second-order valence-electron chi connectivity index (χ2n) is 9.33. The molecular weight excluding hydrogens is 491 g/mol. The lowest BCUT2D eigenvalue weighted by Gasteiger charge is -2.27. The summed E-state index contributed by atoms with van der Waals surface area (Å²) in [5.74, 6) is -2.47. The minimum Gasteiger partial charge on any atom is -0.508 e. The quantitative estimate of drug-likeness (QED) is 0.192. The van der Waals surface area contributed by atoms with Gasteiger partial charge in [0.25, 0.3) is 0 Å². The molecule has 204 valence electrons. The Morgan fingerprint density at radius 3 is 2.16 bits per heavy atom. The van der Waals surface area contributed by atoms with Crippen molar-refractivity contribution < 1.29 is 34.3 Å². The number of phenolic OH excluding ortho intramolecular Hbond substituents is 1. The number of nitrogens with zero attached hydrogens (tertiary/aromatic N) is 1. The van der Waals surface area contributed by atoms with Gasteiger partial charge in [0.2, 0.25) is 17.7 Å². The molecular formula is C26H35BN4O7. The maximum Gasteiger partial charge on any atom is 0.475 e. The van der Waals surface area contributed by atoms with Crippen LogP contribution in [0.5, 0.6) is 5.75 Å². The molecule has 3 atom stereocenters. The maximum absolute atomic E-state index is 13.3. The Labute approximate surface area is 222 Å². The molecule has 0 spiro atoms. The van der Waals surface area contributed by atoms with Crippen LogP contribution in [0.2, 0.25) is 0 Å². The molecule has 6 N–H and O–H groups in total. The molecule has 0 radical (unpaired) electrons. The fourth-order valence-electron chi connectivity index (χ4n) is 4.07. The topological polar surface area (TPSA) is 160 Å². The number of ether oxygens (including phenoxy) is 1. The molecule has 3 rings (SSSR count). The number of hydrogen-bond donors (Lipinski definition) is 6. The van der Waals surface area contributed by atoms with Gasteiger partial charge in [0, 0.05) is 19.5 Å². The summed E-state index contributed by atoms with van der Waals surface area (Å²) >= 11 is 0. The van der Waals surface area contributed by atoms with Crippen LogP contribution in [0.1, 0.15) is 18.1 Å². The van der Waals surface area contributed by atoms with E-state index in [9.17, 15) is 29.5 Å². The summed E-state index contributed by atoms with van der Waals surface area (Å²) in [5.41, 5.74) is 1.46.